The summed E-state index contributed by atoms with van der Waals surface area (Å²) in [5.74, 6) is -0.183. The molecule has 0 aromatic heterocycles. The molecule has 0 radical (unpaired) electrons. The van der Waals surface area contributed by atoms with E-state index < -0.39 is 0 Å². The molecule has 4 heteroatoms. The maximum Gasteiger partial charge on any atom is 0.137 e. The van der Waals surface area contributed by atoms with E-state index >= 15 is 0 Å². The summed E-state index contributed by atoms with van der Waals surface area (Å²) in [5, 5.41) is 0. The zero-order valence-electron chi connectivity index (χ0n) is 11.3. The number of hydrogen-bond donors (Lipinski definition) is 0. The Morgan fingerprint density at radius 1 is 1.32 bits per heavy atom. The molecule has 104 valence electrons. The Balaban J connectivity index is 1.70. The highest BCUT2D eigenvalue weighted by Crippen LogP contribution is 2.28. The zero-order chi connectivity index (χ0) is 13.4. The van der Waals surface area contributed by atoms with Gasteiger partial charge in [0.2, 0.25) is 0 Å². The Labute approximate surface area is 122 Å². The molecule has 0 saturated carbocycles. The molecule has 19 heavy (non-hydrogen) atoms. The molecule has 0 unspecified atom stereocenters. The molecule has 0 spiro atoms. The second-order valence-electron chi connectivity index (χ2n) is 5.71. The van der Waals surface area contributed by atoms with Gasteiger partial charge in [-0.2, -0.15) is 0 Å². The lowest BCUT2D eigenvalue weighted by molar-refractivity contribution is 0.0470. The van der Waals surface area contributed by atoms with Crippen molar-refractivity contribution in [3.05, 3.63) is 34.1 Å². The molecule has 1 aromatic rings. The van der Waals surface area contributed by atoms with E-state index in [1.807, 2.05) is 12.1 Å². The minimum atomic E-state index is -0.183. The van der Waals surface area contributed by atoms with Gasteiger partial charge in [0, 0.05) is 31.7 Å². The molecule has 3 rings (SSSR count). The summed E-state index contributed by atoms with van der Waals surface area (Å²) < 4.78 is 13.8. The number of hydrogen-bond acceptors (Lipinski definition) is 2. The van der Waals surface area contributed by atoms with Crippen molar-refractivity contribution in [2.45, 2.75) is 38.4 Å². The first-order chi connectivity index (χ1) is 9.15. The maximum absolute atomic E-state index is 13.3. The Hall–Kier alpha value is -0.450. The van der Waals surface area contributed by atoms with Crippen LogP contribution in [0.2, 0.25) is 0 Å². The van der Waals surface area contributed by atoms with Gasteiger partial charge in [-0.3, -0.25) is 9.80 Å². The lowest BCUT2D eigenvalue weighted by Gasteiger charge is -2.43. The van der Waals surface area contributed by atoms with E-state index in [1.165, 1.54) is 31.5 Å². The third kappa shape index (κ3) is 2.71. The molecular weight excluding hydrogens is 307 g/mol. The normalized spacial score (nSPS) is 28.6. The van der Waals surface area contributed by atoms with Crippen molar-refractivity contribution >= 4 is 15.9 Å². The molecule has 2 aliphatic rings. The summed E-state index contributed by atoms with van der Waals surface area (Å²) in [5.41, 5.74) is 1.19. The molecule has 2 aliphatic heterocycles. The quantitative estimate of drug-likeness (QED) is 0.823. The number of piperazine rings is 1. The summed E-state index contributed by atoms with van der Waals surface area (Å²) in [6, 6.07) is 6.67. The van der Waals surface area contributed by atoms with Crippen molar-refractivity contribution in [1.29, 1.82) is 0 Å². The SMILES string of the molecule is C[C@@H]1[C@@H]2CCCN2CCN1Cc1ccc(F)c(Br)c1. The van der Waals surface area contributed by atoms with Crippen molar-refractivity contribution in [3.63, 3.8) is 0 Å². The largest absolute Gasteiger partial charge is 0.298 e. The number of halogens is 2. The average molecular weight is 327 g/mol. The first-order valence-electron chi connectivity index (χ1n) is 7.07. The Kier molecular flexibility index (Phi) is 3.92. The second kappa shape index (κ2) is 5.51. The van der Waals surface area contributed by atoms with Crippen LogP contribution in [0.25, 0.3) is 0 Å². The molecular formula is C15H20BrFN2. The van der Waals surface area contributed by atoms with E-state index in [1.54, 1.807) is 6.07 Å². The monoisotopic (exact) mass is 326 g/mol. The van der Waals surface area contributed by atoms with Gasteiger partial charge in [-0.1, -0.05) is 6.07 Å². The molecule has 1 aromatic carbocycles. The van der Waals surface area contributed by atoms with Crippen LogP contribution in [-0.2, 0) is 6.54 Å². The van der Waals surface area contributed by atoms with Gasteiger partial charge in [0.1, 0.15) is 5.82 Å². The van der Waals surface area contributed by atoms with Gasteiger partial charge in [0.25, 0.3) is 0 Å². The number of rotatable bonds is 2. The van der Waals surface area contributed by atoms with Gasteiger partial charge in [-0.25, -0.2) is 4.39 Å². The van der Waals surface area contributed by atoms with Gasteiger partial charge >= 0.3 is 0 Å². The van der Waals surface area contributed by atoms with E-state index in [-0.39, 0.29) is 5.82 Å². The van der Waals surface area contributed by atoms with Crippen molar-refractivity contribution in [1.82, 2.24) is 9.80 Å². The molecule has 2 fully saturated rings. The number of fused-ring (bicyclic) bond motifs is 1. The molecule has 2 nitrogen and oxygen atoms in total. The minimum Gasteiger partial charge on any atom is -0.298 e. The van der Waals surface area contributed by atoms with Crippen LogP contribution in [0.1, 0.15) is 25.3 Å². The third-order valence-electron chi connectivity index (χ3n) is 4.59. The van der Waals surface area contributed by atoms with Crippen LogP contribution in [-0.4, -0.2) is 41.5 Å². The van der Waals surface area contributed by atoms with Crippen LogP contribution in [0.5, 0.6) is 0 Å². The first kappa shape index (κ1) is 13.5. The highest BCUT2D eigenvalue weighted by molar-refractivity contribution is 9.10. The smallest absolute Gasteiger partial charge is 0.137 e. The molecule has 2 atom stereocenters. The molecule has 0 N–H and O–H groups in total. The van der Waals surface area contributed by atoms with Gasteiger partial charge in [-0.15, -0.1) is 0 Å². The van der Waals surface area contributed by atoms with E-state index in [0.29, 0.717) is 10.5 Å². The van der Waals surface area contributed by atoms with Crippen molar-refractivity contribution < 1.29 is 4.39 Å². The predicted octanol–water partition coefficient (Wildman–Crippen LogP) is 3.26. The molecule has 2 heterocycles. The van der Waals surface area contributed by atoms with Crippen LogP contribution in [0.4, 0.5) is 4.39 Å². The fraction of sp³-hybridized carbons (Fsp3) is 0.600. The molecule has 0 aliphatic carbocycles. The molecule has 0 amide bonds. The third-order valence-corrected chi connectivity index (χ3v) is 5.20. The second-order valence-corrected chi connectivity index (χ2v) is 6.56. The zero-order valence-corrected chi connectivity index (χ0v) is 12.9. The van der Waals surface area contributed by atoms with Gasteiger partial charge in [0.05, 0.1) is 4.47 Å². The highest BCUT2D eigenvalue weighted by Gasteiger charge is 2.36. The average Bonchev–Trinajstić information content (AvgIpc) is 2.86. The number of nitrogens with zero attached hydrogens (tertiary/aromatic N) is 2. The number of benzene rings is 1. The Morgan fingerprint density at radius 2 is 2.16 bits per heavy atom. The fourth-order valence-electron chi connectivity index (χ4n) is 3.48. The van der Waals surface area contributed by atoms with E-state index in [0.717, 1.165) is 19.1 Å². The summed E-state index contributed by atoms with van der Waals surface area (Å²) in [6.07, 6.45) is 2.66. The summed E-state index contributed by atoms with van der Waals surface area (Å²) in [4.78, 5) is 5.16. The standard InChI is InChI=1S/C15H20BrFN2/c1-11-15-3-2-6-18(15)7-8-19(11)10-12-4-5-14(17)13(16)9-12/h4-5,9,11,15H,2-3,6-8,10H2,1H3/t11-,15+/m1/s1. The lowest BCUT2D eigenvalue weighted by atomic mass is 10.0. The van der Waals surface area contributed by atoms with Crippen molar-refractivity contribution in [3.8, 4) is 0 Å². The van der Waals surface area contributed by atoms with E-state index in [9.17, 15) is 4.39 Å². The molecule has 2 saturated heterocycles. The van der Waals surface area contributed by atoms with E-state index in [4.69, 9.17) is 0 Å². The van der Waals surface area contributed by atoms with Gasteiger partial charge in [-0.05, 0) is 59.9 Å². The Morgan fingerprint density at radius 3 is 2.95 bits per heavy atom. The highest BCUT2D eigenvalue weighted by atomic mass is 79.9. The van der Waals surface area contributed by atoms with Gasteiger partial charge < -0.3 is 0 Å². The summed E-state index contributed by atoms with van der Waals surface area (Å²) >= 11 is 3.27. The van der Waals surface area contributed by atoms with Crippen LogP contribution in [0.15, 0.2) is 22.7 Å². The maximum atomic E-state index is 13.3. The lowest BCUT2D eigenvalue weighted by Crippen LogP contribution is -2.55. The summed E-state index contributed by atoms with van der Waals surface area (Å²) in [6.45, 7) is 6.82. The Bertz CT molecular complexity index is 465. The summed E-state index contributed by atoms with van der Waals surface area (Å²) in [7, 11) is 0. The minimum absolute atomic E-state index is 0.183. The molecule has 0 bridgehead atoms. The van der Waals surface area contributed by atoms with Crippen molar-refractivity contribution in [2.24, 2.45) is 0 Å². The van der Waals surface area contributed by atoms with E-state index in [2.05, 4.69) is 32.7 Å². The first-order valence-corrected chi connectivity index (χ1v) is 7.86. The van der Waals surface area contributed by atoms with Crippen LogP contribution >= 0.6 is 15.9 Å². The topological polar surface area (TPSA) is 6.48 Å². The van der Waals surface area contributed by atoms with Gasteiger partial charge in [0.15, 0.2) is 0 Å². The van der Waals surface area contributed by atoms with Crippen LogP contribution in [0, 0.1) is 5.82 Å². The van der Waals surface area contributed by atoms with Crippen LogP contribution in [0.3, 0.4) is 0 Å². The fourth-order valence-corrected chi connectivity index (χ4v) is 3.90. The van der Waals surface area contributed by atoms with Crippen molar-refractivity contribution in [2.75, 3.05) is 19.6 Å². The van der Waals surface area contributed by atoms with Crippen LogP contribution < -0.4 is 0 Å². The predicted molar refractivity (Wildman–Crippen MR) is 78.6 cm³/mol.